The monoisotopic (exact) mass is 269 g/mol. The summed E-state index contributed by atoms with van der Waals surface area (Å²) in [5.74, 6) is 0.645. The Bertz CT molecular complexity index is 505. The summed E-state index contributed by atoms with van der Waals surface area (Å²) in [5.41, 5.74) is 0.786. The first-order valence-corrected chi connectivity index (χ1v) is 5.71. The van der Waals surface area contributed by atoms with Crippen molar-refractivity contribution in [2.75, 3.05) is 6.54 Å². The second kappa shape index (κ2) is 6.35. The molecule has 7 heteroatoms. The maximum Gasteiger partial charge on any atom is 0.265 e. The molecule has 0 radical (unpaired) electrons. The van der Waals surface area contributed by atoms with Crippen molar-refractivity contribution in [1.29, 1.82) is 0 Å². The van der Waals surface area contributed by atoms with Crippen LogP contribution >= 0.6 is 0 Å². The Kier molecular flexibility index (Phi) is 4.53. The normalized spacial score (nSPS) is 12.8. The molecule has 1 aromatic carbocycles. The van der Waals surface area contributed by atoms with Crippen molar-refractivity contribution in [3.8, 4) is 11.5 Å². The Morgan fingerprint density at radius 1 is 1.21 bits per heavy atom. The maximum atomic E-state index is 12.0. The Labute approximate surface area is 108 Å². The third kappa shape index (κ3) is 3.80. The van der Waals surface area contributed by atoms with Crippen molar-refractivity contribution in [3.05, 3.63) is 36.2 Å². The van der Waals surface area contributed by atoms with E-state index in [1.54, 1.807) is 0 Å². The van der Waals surface area contributed by atoms with Gasteiger partial charge in [-0.1, -0.05) is 18.2 Å². The lowest BCUT2D eigenvalue weighted by molar-refractivity contribution is -0.00364. The van der Waals surface area contributed by atoms with Crippen LogP contribution in [-0.4, -0.2) is 34.4 Å². The van der Waals surface area contributed by atoms with Gasteiger partial charge in [0.15, 0.2) is 0 Å². The minimum Gasteiger partial charge on any atom is -0.419 e. The molecule has 0 aliphatic heterocycles. The molecule has 0 aliphatic rings. The summed E-state index contributed by atoms with van der Waals surface area (Å²) in [6, 6.07) is 9.21. The summed E-state index contributed by atoms with van der Waals surface area (Å²) < 4.78 is 29.4. The first-order valence-electron chi connectivity index (χ1n) is 5.71. The molecule has 0 fully saturated rings. The van der Waals surface area contributed by atoms with E-state index in [2.05, 4.69) is 15.5 Å². The summed E-state index contributed by atoms with van der Waals surface area (Å²) in [4.78, 5) is 0. The van der Waals surface area contributed by atoms with Gasteiger partial charge in [0.1, 0.15) is 6.10 Å². The molecule has 0 spiro atoms. The molecule has 1 heterocycles. The van der Waals surface area contributed by atoms with Crippen LogP contribution in [-0.2, 0) is 6.54 Å². The number of aliphatic hydroxyl groups excluding tert-OH is 1. The molecule has 2 aromatic rings. The van der Waals surface area contributed by atoms with E-state index in [9.17, 15) is 8.78 Å². The van der Waals surface area contributed by atoms with Gasteiger partial charge in [-0.05, 0) is 12.1 Å². The number of benzene rings is 1. The average molecular weight is 269 g/mol. The Morgan fingerprint density at radius 2 is 1.95 bits per heavy atom. The molecule has 1 unspecified atom stereocenters. The Morgan fingerprint density at radius 3 is 2.63 bits per heavy atom. The van der Waals surface area contributed by atoms with Crippen molar-refractivity contribution < 1.29 is 18.3 Å². The number of aromatic nitrogens is 2. The minimum absolute atomic E-state index is 0.129. The summed E-state index contributed by atoms with van der Waals surface area (Å²) in [7, 11) is 0. The van der Waals surface area contributed by atoms with Crippen molar-refractivity contribution >= 4 is 0 Å². The van der Waals surface area contributed by atoms with E-state index in [4.69, 9.17) is 9.52 Å². The number of halogens is 2. The molecule has 2 N–H and O–H groups in total. The van der Waals surface area contributed by atoms with Crippen LogP contribution < -0.4 is 5.32 Å². The standard InChI is InChI=1S/C12H13F2N3O2/c13-11(14)9(18)6-15-7-10-16-17-12(19-10)8-4-2-1-3-5-8/h1-5,9,11,15,18H,6-7H2. The van der Waals surface area contributed by atoms with E-state index in [0.29, 0.717) is 5.89 Å². The fourth-order valence-electron chi connectivity index (χ4n) is 1.44. The predicted octanol–water partition coefficient (Wildman–Crippen LogP) is 1.45. The Hall–Kier alpha value is -1.86. The number of hydrogen-bond donors (Lipinski definition) is 2. The van der Waals surface area contributed by atoms with Crippen molar-refractivity contribution in [2.24, 2.45) is 0 Å². The first-order chi connectivity index (χ1) is 9.16. The fourth-order valence-corrected chi connectivity index (χ4v) is 1.44. The van der Waals surface area contributed by atoms with Crippen LogP contribution in [0.4, 0.5) is 8.78 Å². The van der Waals surface area contributed by atoms with E-state index in [1.165, 1.54) is 0 Å². The predicted molar refractivity (Wildman–Crippen MR) is 63.5 cm³/mol. The van der Waals surface area contributed by atoms with E-state index < -0.39 is 12.5 Å². The largest absolute Gasteiger partial charge is 0.419 e. The van der Waals surface area contributed by atoms with Crippen LogP contribution in [0.25, 0.3) is 11.5 Å². The number of rotatable bonds is 6. The zero-order valence-corrected chi connectivity index (χ0v) is 9.96. The SMILES string of the molecule is OC(CNCc1nnc(-c2ccccc2)o1)C(F)F. The second-order valence-electron chi connectivity index (χ2n) is 3.90. The first kappa shape index (κ1) is 13.6. The molecular weight excluding hydrogens is 256 g/mol. The molecule has 1 atom stereocenters. The molecule has 1 aromatic heterocycles. The van der Waals surface area contributed by atoms with E-state index in [0.717, 1.165) is 5.56 Å². The second-order valence-corrected chi connectivity index (χ2v) is 3.90. The van der Waals surface area contributed by atoms with Crippen LogP contribution in [0.1, 0.15) is 5.89 Å². The van der Waals surface area contributed by atoms with Gasteiger partial charge in [0.2, 0.25) is 11.8 Å². The van der Waals surface area contributed by atoms with Crippen LogP contribution in [0.3, 0.4) is 0 Å². The number of hydrogen-bond acceptors (Lipinski definition) is 5. The molecule has 19 heavy (non-hydrogen) atoms. The molecule has 0 saturated heterocycles. The van der Waals surface area contributed by atoms with Gasteiger partial charge >= 0.3 is 0 Å². The van der Waals surface area contributed by atoms with Gasteiger partial charge in [-0.25, -0.2) is 8.78 Å². The highest BCUT2D eigenvalue weighted by atomic mass is 19.3. The van der Waals surface area contributed by atoms with E-state index >= 15 is 0 Å². The highest BCUT2D eigenvalue weighted by Gasteiger charge is 2.16. The lowest BCUT2D eigenvalue weighted by atomic mass is 10.2. The van der Waals surface area contributed by atoms with Gasteiger partial charge in [0.05, 0.1) is 6.54 Å². The van der Waals surface area contributed by atoms with Crippen LogP contribution in [0.5, 0.6) is 0 Å². The molecule has 5 nitrogen and oxygen atoms in total. The third-order valence-electron chi connectivity index (χ3n) is 2.41. The average Bonchev–Trinajstić information content (AvgIpc) is 2.88. The van der Waals surface area contributed by atoms with Crippen LogP contribution in [0.2, 0.25) is 0 Å². The highest BCUT2D eigenvalue weighted by Crippen LogP contribution is 2.16. The zero-order valence-electron chi connectivity index (χ0n) is 9.96. The number of nitrogens with zero attached hydrogens (tertiary/aromatic N) is 2. The third-order valence-corrected chi connectivity index (χ3v) is 2.41. The molecule has 102 valence electrons. The smallest absolute Gasteiger partial charge is 0.265 e. The minimum atomic E-state index is -2.77. The molecule has 0 amide bonds. The Balaban J connectivity index is 1.88. The van der Waals surface area contributed by atoms with Gasteiger partial charge in [-0.3, -0.25) is 0 Å². The van der Waals surface area contributed by atoms with Crippen molar-refractivity contribution in [1.82, 2.24) is 15.5 Å². The number of nitrogens with one attached hydrogen (secondary N) is 1. The lowest BCUT2D eigenvalue weighted by Crippen LogP contribution is -2.31. The summed E-state index contributed by atoms with van der Waals surface area (Å²) in [6.45, 7) is -0.107. The number of alkyl halides is 2. The van der Waals surface area contributed by atoms with Gasteiger partial charge in [0, 0.05) is 12.1 Å². The quantitative estimate of drug-likeness (QED) is 0.830. The van der Waals surface area contributed by atoms with Crippen molar-refractivity contribution in [3.63, 3.8) is 0 Å². The van der Waals surface area contributed by atoms with E-state index in [1.807, 2.05) is 30.3 Å². The van der Waals surface area contributed by atoms with Crippen LogP contribution in [0.15, 0.2) is 34.7 Å². The van der Waals surface area contributed by atoms with Gasteiger partial charge in [-0.2, -0.15) is 0 Å². The number of aliphatic hydroxyl groups is 1. The van der Waals surface area contributed by atoms with Crippen LogP contribution in [0, 0.1) is 0 Å². The zero-order chi connectivity index (χ0) is 13.7. The summed E-state index contributed by atoms with van der Waals surface area (Å²) >= 11 is 0. The van der Waals surface area contributed by atoms with E-state index in [-0.39, 0.29) is 19.0 Å². The van der Waals surface area contributed by atoms with Gasteiger partial charge in [0.25, 0.3) is 6.43 Å². The summed E-state index contributed by atoms with van der Waals surface area (Å²) in [5, 5.41) is 19.2. The molecule has 2 rings (SSSR count). The molecule has 0 saturated carbocycles. The van der Waals surface area contributed by atoms with Gasteiger partial charge < -0.3 is 14.8 Å². The summed E-state index contributed by atoms with van der Waals surface area (Å²) in [6.07, 6.45) is -4.47. The van der Waals surface area contributed by atoms with Crippen molar-refractivity contribution in [2.45, 2.75) is 19.1 Å². The fraction of sp³-hybridized carbons (Fsp3) is 0.333. The maximum absolute atomic E-state index is 12.0. The highest BCUT2D eigenvalue weighted by molar-refractivity contribution is 5.51. The molecule has 0 bridgehead atoms. The lowest BCUT2D eigenvalue weighted by Gasteiger charge is -2.08. The molecular formula is C12H13F2N3O2. The molecule has 0 aliphatic carbocycles. The van der Waals surface area contributed by atoms with Gasteiger partial charge in [-0.15, -0.1) is 10.2 Å². The topological polar surface area (TPSA) is 71.2 Å².